The molecule has 3 rings (SSSR count). The van der Waals surface area contributed by atoms with Crippen molar-refractivity contribution in [2.75, 3.05) is 5.73 Å². The molecule has 0 aliphatic heterocycles. The molecule has 0 radical (unpaired) electrons. The molecule has 0 aliphatic carbocycles. The van der Waals surface area contributed by atoms with E-state index in [2.05, 4.69) is 43.2 Å². The SMILES string of the molecule is Cc1cc(C)c(-c2cn(-c3ccc(Cl)c(N)c3)nn2)c(C)c1. The van der Waals surface area contributed by atoms with Gasteiger partial charge in [-0.3, -0.25) is 0 Å². The second-order valence-corrected chi connectivity index (χ2v) is 5.94. The molecule has 0 fully saturated rings. The molecule has 0 spiro atoms. The molecule has 112 valence electrons. The molecule has 1 aromatic heterocycles. The quantitative estimate of drug-likeness (QED) is 0.725. The average molecular weight is 313 g/mol. The Labute approximate surface area is 134 Å². The standard InChI is InChI=1S/C17H17ClN4/c1-10-6-11(2)17(12(3)7-10)16-9-22(21-20-16)13-4-5-14(18)15(19)8-13/h4-9H,19H2,1-3H3. The van der Waals surface area contributed by atoms with Crippen molar-refractivity contribution in [1.82, 2.24) is 15.0 Å². The fraction of sp³-hybridized carbons (Fsp3) is 0.176. The van der Waals surface area contributed by atoms with E-state index < -0.39 is 0 Å². The molecule has 4 nitrogen and oxygen atoms in total. The van der Waals surface area contributed by atoms with Crippen LogP contribution in [-0.2, 0) is 0 Å². The summed E-state index contributed by atoms with van der Waals surface area (Å²) < 4.78 is 1.71. The van der Waals surface area contributed by atoms with Crippen LogP contribution < -0.4 is 5.73 Å². The van der Waals surface area contributed by atoms with Gasteiger partial charge in [-0.05, 0) is 50.1 Å². The molecular formula is C17H17ClN4. The van der Waals surface area contributed by atoms with E-state index in [1.165, 1.54) is 16.7 Å². The van der Waals surface area contributed by atoms with Crippen molar-refractivity contribution < 1.29 is 0 Å². The first-order valence-corrected chi connectivity index (χ1v) is 7.39. The van der Waals surface area contributed by atoms with Gasteiger partial charge < -0.3 is 5.73 Å². The molecule has 0 atom stereocenters. The molecule has 22 heavy (non-hydrogen) atoms. The molecule has 0 saturated carbocycles. The minimum atomic E-state index is 0.527. The minimum absolute atomic E-state index is 0.527. The summed E-state index contributed by atoms with van der Waals surface area (Å²) in [6.45, 7) is 6.28. The van der Waals surface area contributed by atoms with Crippen molar-refractivity contribution in [1.29, 1.82) is 0 Å². The Kier molecular flexibility index (Phi) is 3.62. The predicted octanol–water partition coefficient (Wildman–Crippen LogP) is 4.10. The molecule has 0 bridgehead atoms. The number of halogens is 1. The molecule has 3 aromatic rings. The van der Waals surface area contributed by atoms with Crippen LogP contribution in [0.4, 0.5) is 5.69 Å². The first kappa shape index (κ1) is 14.6. The normalized spacial score (nSPS) is 10.9. The van der Waals surface area contributed by atoms with E-state index in [0.29, 0.717) is 10.7 Å². The number of benzene rings is 2. The summed E-state index contributed by atoms with van der Waals surface area (Å²) in [5.74, 6) is 0. The zero-order valence-corrected chi connectivity index (χ0v) is 13.5. The lowest BCUT2D eigenvalue weighted by Gasteiger charge is -2.08. The van der Waals surface area contributed by atoms with E-state index in [4.69, 9.17) is 17.3 Å². The third kappa shape index (κ3) is 2.57. The number of nitrogen functional groups attached to an aromatic ring is 1. The number of hydrogen-bond donors (Lipinski definition) is 1. The molecule has 2 aromatic carbocycles. The minimum Gasteiger partial charge on any atom is -0.397 e. The monoisotopic (exact) mass is 312 g/mol. The van der Waals surface area contributed by atoms with Crippen LogP contribution >= 0.6 is 11.6 Å². The lowest BCUT2D eigenvalue weighted by Crippen LogP contribution is -1.96. The van der Waals surface area contributed by atoms with Gasteiger partial charge in [0.25, 0.3) is 0 Å². The van der Waals surface area contributed by atoms with Crippen LogP contribution in [0.25, 0.3) is 16.9 Å². The molecule has 1 heterocycles. The van der Waals surface area contributed by atoms with Gasteiger partial charge in [-0.25, -0.2) is 4.68 Å². The molecule has 2 N–H and O–H groups in total. The number of aromatic nitrogens is 3. The summed E-state index contributed by atoms with van der Waals surface area (Å²) in [5.41, 5.74) is 12.8. The number of rotatable bonds is 2. The summed E-state index contributed by atoms with van der Waals surface area (Å²) in [4.78, 5) is 0. The molecule has 0 amide bonds. The van der Waals surface area contributed by atoms with Crippen molar-refractivity contribution in [3.05, 3.63) is 58.2 Å². The lowest BCUT2D eigenvalue weighted by molar-refractivity contribution is 0.804. The van der Waals surface area contributed by atoms with Gasteiger partial charge in [0.05, 0.1) is 22.6 Å². The van der Waals surface area contributed by atoms with Crippen LogP contribution in [0.1, 0.15) is 16.7 Å². The lowest BCUT2D eigenvalue weighted by atomic mass is 9.98. The zero-order chi connectivity index (χ0) is 15.9. The highest BCUT2D eigenvalue weighted by atomic mass is 35.5. The van der Waals surface area contributed by atoms with Crippen LogP contribution in [0, 0.1) is 20.8 Å². The maximum Gasteiger partial charge on any atom is 0.114 e. The van der Waals surface area contributed by atoms with E-state index in [1.54, 1.807) is 16.8 Å². The summed E-state index contributed by atoms with van der Waals surface area (Å²) in [7, 11) is 0. The maximum absolute atomic E-state index is 5.96. The fourth-order valence-corrected chi connectivity index (χ4v) is 2.88. The number of aryl methyl sites for hydroxylation is 3. The van der Waals surface area contributed by atoms with E-state index in [-0.39, 0.29) is 0 Å². The van der Waals surface area contributed by atoms with Gasteiger partial charge in [-0.15, -0.1) is 5.10 Å². The van der Waals surface area contributed by atoms with Gasteiger partial charge in [0.1, 0.15) is 5.69 Å². The number of hydrogen-bond acceptors (Lipinski definition) is 3. The Morgan fingerprint density at radius 1 is 1.05 bits per heavy atom. The third-order valence-corrected chi connectivity index (χ3v) is 4.01. The first-order valence-electron chi connectivity index (χ1n) is 7.01. The van der Waals surface area contributed by atoms with Crippen molar-refractivity contribution in [2.24, 2.45) is 0 Å². The van der Waals surface area contributed by atoms with Gasteiger partial charge in [0.2, 0.25) is 0 Å². The van der Waals surface area contributed by atoms with Gasteiger partial charge >= 0.3 is 0 Å². The van der Waals surface area contributed by atoms with E-state index in [0.717, 1.165) is 16.9 Å². The highest BCUT2D eigenvalue weighted by Crippen LogP contribution is 2.28. The van der Waals surface area contributed by atoms with Crippen LogP contribution in [0.2, 0.25) is 5.02 Å². The van der Waals surface area contributed by atoms with Crippen molar-refractivity contribution in [3.63, 3.8) is 0 Å². The van der Waals surface area contributed by atoms with Gasteiger partial charge in [0.15, 0.2) is 0 Å². The van der Waals surface area contributed by atoms with Gasteiger partial charge in [-0.2, -0.15) is 0 Å². The Morgan fingerprint density at radius 2 is 1.73 bits per heavy atom. The molecule has 0 aliphatic rings. The van der Waals surface area contributed by atoms with E-state index in [9.17, 15) is 0 Å². The second kappa shape index (κ2) is 5.46. The Hall–Kier alpha value is -2.33. The van der Waals surface area contributed by atoms with Gasteiger partial charge in [0, 0.05) is 5.56 Å². The smallest absolute Gasteiger partial charge is 0.114 e. The summed E-state index contributed by atoms with van der Waals surface area (Å²) in [5, 5.41) is 9.05. The van der Waals surface area contributed by atoms with Crippen LogP contribution in [0.15, 0.2) is 36.5 Å². The van der Waals surface area contributed by atoms with Crippen molar-refractivity contribution in [3.8, 4) is 16.9 Å². The molecule has 0 unspecified atom stereocenters. The van der Waals surface area contributed by atoms with E-state index >= 15 is 0 Å². The topological polar surface area (TPSA) is 56.7 Å². The van der Waals surface area contributed by atoms with Crippen LogP contribution in [0.5, 0.6) is 0 Å². The predicted molar refractivity (Wildman–Crippen MR) is 90.4 cm³/mol. The summed E-state index contributed by atoms with van der Waals surface area (Å²) in [6, 6.07) is 9.72. The highest BCUT2D eigenvalue weighted by molar-refractivity contribution is 6.33. The second-order valence-electron chi connectivity index (χ2n) is 5.53. The zero-order valence-electron chi connectivity index (χ0n) is 12.8. The Balaban J connectivity index is 2.06. The van der Waals surface area contributed by atoms with Crippen LogP contribution in [-0.4, -0.2) is 15.0 Å². The Bertz CT molecular complexity index is 829. The largest absolute Gasteiger partial charge is 0.397 e. The summed E-state index contributed by atoms with van der Waals surface area (Å²) >= 11 is 5.96. The van der Waals surface area contributed by atoms with Crippen LogP contribution in [0.3, 0.4) is 0 Å². The third-order valence-electron chi connectivity index (χ3n) is 3.67. The first-order chi connectivity index (χ1) is 10.5. The fourth-order valence-electron chi connectivity index (χ4n) is 2.76. The average Bonchev–Trinajstić information content (AvgIpc) is 2.90. The Morgan fingerprint density at radius 3 is 2.36 bits per heavy atom. The summed E-state index contributed by atoms with van der Waals surface area (Å²) in [6.07, 6.45) is 1.91. The molecule has 5 heteroatoms. The molecule has 0 saturated heterocycles. The van der Waals surface area contributed by atoms with E-state index in [1.807, 2.05) is 12.3 Å². The van der Waals surface area contributed by atoms with Crippen molar-refractivity contribution in [2.45, 2.75) is 20.8 Å². The number of anilines is 1. The maximum atomic E-state index is 5.96. The van der Waals surface area contributed by atoms with Crippen molar-refractivity contribution >= 4 is 17.3 Å². The highest BCUT2D eigenvalue weighted by Gasteiger charge is 2.11. The van der Waals surface area contributed by atoms with Gasteiger partial charge in [-0.1, -0.05) is 34.5 Å². The number of nitrogens with zero attached hydrogens (tertiary/aromatic N) is 3. The number of nitrogens with two attached hydrogens (primary N) is 1. The molecular weight excluding hydrogens is 296 g/mol.